The van der Waals surface area contributed by atoms with Crippen molar-refractivity contribution in [2.45, 2.75) is 12.5 Å². The molecule has 0 unspecified atom stereocenters. The summed E-state index contributed by atoms with van der Waals surface area (Å²) in [6.07, 6.45) is 2.48. The van der Waals surface area contributed by atoms with Crippen molar-refractivity contribution in [1.29, 1.82) is 0 Å². The van der Waals surface area contributed by atoms with Gasteiger partial charge in [0, 0.05) is 12.4 Å². The van der Waals surface area contributed by atoms with Crippen LogP contribution < -0.4 is 5.56 Å². The SMILES string of the molecule is COC(=O)c1cn([C@H](CC(=O)O)c2cccc(O)c2)cc2c(=O)[nH]nc1-2. The average Bonchev–Trinajstić information content (AvgIpc) is 2.99. The predicted octanol–water partition coefficient (Wildman–Crippen LogP) is 1.23. The minimum Gasteiger partial charge on any atom is -0.508 e. The second kappa shape index (κ2) is 6.71. The Hall–Kier alpha value is -3.62. The number of rotatable bonds is 5. The second-order valence-electron chi connectivity index (χ2n) is 5.63. The molecule has 0 saturated carbocycles. The van der Waals surface area contributed by atoms with E-state index in [1.807, 2.05) is 0 Å². The molecule has 9 nitrogen and oxygen atoms in total. The van der Waals surface area contributed by atoms with Crippen molar-refractivity contribution in [2.75, 3.05) is 7.11 Å². The van der Waals surface area contributed by atoms with E-state index in [4.69, 9.17) is 4.74 Å². The first-order chi connectivity index (χ1) is 12.4. The number of aromatic hydroxyl groups is 1. The Morgan fingerprint density at radius 2 is 2.12 bits per heavy atom. The molecular weight excluding hydrogens is 342 g/mol. The Morgan fingerprint density at radius 1 is 1.35 bits per heavy atom. The van der Waals surface area contributed by atoms with Crippen LogP contribution in [0.2, 0.25) is 0 Å². The number of phenols is 1. The highest BCUT2D eigenvalue weighted by Gasteiger charge is 2.25. The van der Waals surface area contributed by atoms with Gasteiger partial charge in [-0.15, -0.1) is 0 Å². The summed E-state index contributed by atoms with van der Waals surface area (Å²) in [6.45, 7) is 0. The van der Waals surface area contributed by atoms with Crippen LogP contribution in [0.4, 0.5) is 0 Å². The molecule has 2 aliphatic rings. The monoisotopic (exact) mass is 357 g/mol. The minimum absolute atomic E-state index is 0.0268. The van der Waals surface area contributed by atoms with Gasteiger partial charge in [-0.05, 0) is 17.7 Å². The van der Waals surface area contributed by atoms with Gasteiger partial charge in [-0.25, -0.2) is 9.89 Å². The number of aromatic nitrogens is 3. The number of ether oxygens (including phenoxy) is 1. The van der Waals surface area contributed by atoms with Crippen LogP contribution in [0.1, 0.15) is 28.4 Å². The Bertz CT molecular complexity index is 1010. The van der Waals surface area contributed by atoms with Gasteiger partial charge in [-0.1, -0.05) is 12.1 Å². The molecule has 0 saturated heterocycles. The van der Waals surface area contributed by atoms with Crippen molar-refractivity contribution < 1.29 is 24.5 Å². The van der Waals surface area contributed by atoms with Gasteiger partial charge in [0.25, 0.3) is 5.56 Å². The molecule has 0 spiro atoms. The number of methoxy groups -OCH3 is 1. The summed E-state index contributed by atoms with van der Waals surface area (Å²) in [4.78, 5) is 35.4. The fourth-order valence-corrected chi connectivity index (χ4v) is 2.79. The van der Waals surface area contributed by atoms with Crippen molar-refractivity contribution >= 4 is 11.9 Å². The molecule has 1 aromatic carbocycles. The van der Waals surface area contributed by atoms with Gasteiger partial charge in [0.1, 0.15) is 17.0 Å². The third-order valence-corrected chi connectivity index (χ3v) is 3.97. The summed E-state index contributed by atoms with van der Waals surface area (Å²) in [5, 5.41) is 25.1. The number of carbonyl (C=O) groups excluding carboxylic acids is 1. The van der Waals surface area contributed by atoms with E-state index in [2.05, 4.69) is 10.2 Å². The van der Waals surface area contributed by atoms with Crippen LogP contribution in [-0.4, -0.2) is 44.0 Å². The topological polar surface area (TPSA) is 135 Å². The third kappa shape index (κ3) is 3.14. The number of phenolic OH excluding ortho intramolecular Hbond substituents is 1. The number of aromatic amines is 1. The summed E-state index contributed by atoms with van der Waals surface area (Å²) in [7, 11) is 1.19. The number of carboxylic acid groups (broad SMARTS) is 1. The van der Waals surface area contributed by atoms with Crippen molar-refractivity contribution in [3.05, 3.63) is 58.1 Å². The third-order valence-electron chi connectivity index (χ3n) is 3.97. The van der Waals surface area contributed by atoms with Gasteiger partial charge in [0.15, 0.2) is 0 Å². The number of nitrogens with one attached hydrogen (secondary N) is 1. The maximum absolute atomic E-state index is 12.1. The summed E-state index contributed by atoms with van der Waals surface area (Å²) >= 11 is 0. The number of nitrogens with zero attached hydrogens (tertiary/aromatic N) is 2. The molecule has 0 bridgehead atoms. The Morgan fingerprint density at radius 3 is 2.77 bits per heavy atom. The molecule has 3 N–H and O–H groups in total. The zero-order chi connectivity index (χ0) is 18.8. The molecule has 1 atom stereocenters. The summed E-state index contributed by atoms with van der Waals surface area (Å²) in [5.41, 5.74) is 0.290. The van der Waals surface area contributed by atoms with E-state index >= 15 is 0 Å². The van der Waals surface area contributed by atoms with Gasteiger partial charge in [0.2, 0.25) is 0 Å². The number of benzene rings is 1. The van der Waals surface area contributed by atoms with E-state index in [9.17, 15) is 24.6 Å². The highest BCUT2D eigenvalue weighted by atomic mass is 16.5. The molecule has 0 aliphatic carbocycles. The molecule has 0 fully saturated rings. The number of carbonyl (C=O) groups is 2. The van der Waals surface area contributed by atoms with E-state index in [1.165, 1.54) is 36.2 Å². The number of carboxylic acids is 1. The van der Waals surface area contributed by atoms with Gasteiger partial charge in [0.05, 0.1) is 25.1 Å². The molecule has 2 heterocycles. The molecule has 1 aromatic rings. The lowest BCUT2D eigenvalue weighted by molar-refractivity contribution is -0.137. The van der Waals surface area contributed by atoms with Crippen molar-refractivity contribution in [3.63, 3.8) is 0 Å². The number of H-pyrrole nitrogens is 1. The van der Waals surface area contributed by atoms with Crippen LogP contribution >= 0.6 is 0 Å². The lowest BCUT2D eigenvalue weighted by Crippen LogP contribution is -2.19. The summed E-state index contributed by atoms with van der Waals surface area (Å²) in [6, 6.07) is 5.35. The van der Waals surface area contributed by atoms with Gasteiger partial charge >= 0.3 is 11.9 Å². The first-order valence-electron chi connectivity index (χ1n) is 7.59. The van der Waals surface area contributed by atoms with Crippen LogP contribution in [0, 0.1) is 0 Å². The molecule has 134 valence electrons. The lowest BCUT2D eigenvalue weighted by Gasteiger charge is -2.21. The molecular formula is C17H15N3O6. The maximum atomic E-state index is 12.1. The van der Waals surface area contributed by atoms with Crippen molar-refractivity contribution in [1.82, 2.24) is 14.8 Å². The first kappa shape index (κ1) is 17.2. The second-order valence-corrected chi connectivity index (χ2v) is 5.63. The lowest BCUT2D eigenvalue weighted by atomic mass is 10.0. The van der Waals surface area contributed by atoms with Crippen LogP contribution in [0.15, 0.2) is 41.5 Å². The molecule has 3 rings (SSSR count). The number of hydrogen-bond donors (Lipinski definition) is 3. The average molecular weight is 357 g/mol. The normalized spacial score (nSPS) is 12.0. The van der Waals surface area contributed by atoms with E-state index in [-0.39, 0.29) is 29.0 Å². The van der Waals surface area contributed by atoms with E-state index in [1.54, 1.807) is 12.1 Å². The van der Waals surface area contributed by atoms with Crippen molar-refractivity contribution in [3.8, 4) is 17.0 Å². The Kier molecular flexibility index (Phi) is 4.44. The van der Waals surface area contributed by atoms with Crippen LogP contribution in [0.25, 0.3) is 11.3 Å². The van der Waals surface area contributed by atoms with Crippen LogP contribution in [0.5, 0.6) is 5.75 Å². The van der Waals surface area contributed by atoms with E-state index in [0.717, 1.165) is 0 Å². The highest BCUT2D eigenvalue weighted by Crippen LogP contribution is 2.29. The first-order valence-corrected chi connectivity index (χ1v) is 7.59. The zero-order valence-corrected chi connectivity index (χ0v) is 13.7. The number of fused-ring (bicyclic) bond motifs is 1. The molecule has 9 heteroatoms. The fraction of sp³-hybridized carbons (Fsp3) is 0.176. The smallest absolute Gasteiger partial charge is 0.341 e. The molecule has 26 heavy (non-hydrogen) atoms. The highest BCUT2D eigenvalue weighted by molar-refractivity contribution is 5.96. The number of pyridine rings is 1. The standard InChI is InChI=1S/C17H15N3O6/c1-26-17(25)12-8-20(7-11-15(12)18-19-16(11)24)13(6-14(22)23)9-3-2-4-10(21)5-9/h2-5,7-8,13,21H,6H2,1H3,(H,19,24)(H,22,23)/t13-/m1/s1. The van der Waals surface area contributed by atoms with Crippen LogP contribution in [0.3, 0.4) is 0 Å². The minimum atomic E-state index is -1.08. The van der Waals surface area contributed by atoms with Crippen LogP contribution in [-0.2, 0) is 9.53 Å². The number of esters is 1. The molecule has 2 aliphatic heterocycles. The van der Waals surface area contributed by atoms with Gasteiger partial charge in [-0.2, -0.15) is 5.10 Å². The quantitative estimate of drug-likeness (QED) is 0.585. The summed E-state index contributed by atoms with van der Waals surface area (Å²) < 4.78 is 6.17. The fourth-order valence-electron chi connectivity index (χ4n) is 2.79. The molecule has 0 aromatic heterocycles. The van der Waals surface area contributed by atoms with Gasteiger partial charge < -0.3 is 19.5 Å². The Balaban J connectivity index is 2.23. The number of hydrogen-bond acceptors (Lipinski definition) is 6. The molecule has 0 amide bonds. The largest absolute Gasteiger partial charge is 0.508 e. The summed E-state index contributed by atoms with van der Waals surface area (Å²) in [5.74, 6) is -1.82. The van der Waals surface area contributed by atoms with E-state index < -0.39 is 23.5 Å². The van der Waals surface area contributed by atoms with Gasteiger partial charge in [-0.3, -0.25) is 9.59 Å². The zero-order valence-electron chi connectivity index (χ0n) is 13.7. The van der Waals surface area contributed by atoms with Crippen molar-refractivity contribution in [2.24, 2.45) is 0 Å². The van der Waals surface area contributed by atoms with E-state index in [0.29, 0.717) is 5.56 Å². The predicted molar refractivity (Wildman–Crippen MR) is 89.3 cm³/mol. The number of aliphatic carboxylic acids is 1. The molecule has 0 radical (unpaired) electrons. The Labute approximate surface area is 146 Å². The maximum Gasteiger partial charge on any atom is 0.341 e.